The van der Waals surface area contributed by atoms with Gasteiger partial charge in [-0.05, 0) is 30.5 Å². The number of carbonyl (C=O) groups excluding carboxylic acids is 2. The highest BCUT2D eigenvalue weighted by Crippen LogP contribution is 2.25. The molecular weight excluding hydrogens is 374 g/mol. The van der Waals surface area contributed by atoms with Gasteiger partial charge in [-0.15, -0.1) is 11.3 Å². The summed E-state index contributed by atoms with van der Waals surface area (Å²) < 4.78 is 10.2. The molecule has 1 aromatic carbocycles. The van der Waals surface area contributed by atoms with Crippen LogP contribution in [0.25, 0.3) is 11.0 Å². The van der Waals surface area contributed by atoms with Crippen LogP contribution in [0, 0.1) is 15.5 Å². The van der Waals surface area contributed by atoms with Crippen LogP contribution < -0.4 is 10.9 Å². The summed E-state index contributed by atoms with van der Waals surface area (Å²) in [6.45, 7) is 1.87. The minimum absolute atomic E-state index is 0.119. The summed E-state index contributed by atoms with van der Waals surface area (Å²) in [6.07, 6.45) is 0. The third kappa shape index (κ3) is 3.70. The lowest BCUT2D eigenvalue weighted by atomic mass is 10.1. The molecule has 0 aliphatic carbocycles. The quantitative estimate of drug-likeness (QED) is 0.392. The van der Waals surface area contributed by atoms with E-state index < -0.39 is 22.4 Å². The van der Waals surface area contributed by atoms with Crippen molar-refractivity contribution in [1.29, 1.82) is 5.41 Å². The maximum absolute atomic E-state index is 12.6. The minimum atomic E-state index is -0.676. The fourth-order valence-corrected chi connectivity index (χ4v) is 3.13. The van der Waals surface area contributed by atoms with Gasteiger partial charge >= 0.3 is 5.97 Å². The molecule has 0 bridgehead atoms. The number of carbonyl (C=O) groups is 2. The van der Waals surface area contributed by atoms with Gasteiger partial charge in [-0.25, -0.2) is 4.79 Å². The fraction of sp³-hybridized carbons (Fsp3) is 0.118. The first-order chi connectivity index (χ1) is 12.9. The Kier molecular flexibility index (Phi) is 4.99. The molecule has 3 aromatic rings. The summed E-state index contributed by atoms with van der Waals surface area (Å²) in [4.78, 5) is 34.8. The largest absolute Gasteiger partial charge is 0.462 e. The molecule has 0 spiro atoms. The maximum Gasteiger partial charge on any atom is 0.341 e. The number of ether oxygens (including phenoxy) is 1. The van der Waals surface area contributed by atoms with Crippen LogP contribution >= 0.6 is 11.3 Å². The highest BCUT2D eigenvalue weighted by Gasteiger charge is 2.19. The van der Waals surface area contributed by atoms with Crippen molar-refractivity contribution in [2.24, 2.45) is 0 Å². The molecule has 2 heterocycles. The second-order valence-electron chi connectivity index (χ2n) is 5.31. The Balaban J connectivity index is 1.95. The molecular formula is C17H13N3O6S. The van der Waals surface area contributed by atoms with Crippen molar-refractivity contribution in [2.45, 2.75) is 6.92 Å². The highest BCUT2D eigenvalue weighted by atomic mass is 32.1. The fourth-order valence-electron chi connectivity index (χ4n) is 2.36. The zero-order valence-corrected chi connectivity index (χ0v) is 14.8. The molecule has 2 aromatic heterocycles. The molecule has 0 saturated carbocycles. The van der Waals surface area contributed by atoms with E-state index in [9.17, 15) is 19.7 Å². The number of nitrogens with one attached hydrogen (secondary N) is 2. The van der Waals surface area contributed by atoms with E-state index >= 15 is 0 Å². The van der Waals surface area contributed by atoms with E-state index in [2.05, 4.69) is 5.32 Å². The molecule has 27 heavy (non-hydrogen) atoms. The lowest BCUT2D eigenvalue weighted by molar-refractivity contribution is -0.384. The van der Waals surface area contributed by atoms with Crippen molar-refractivity contribution >= 4 is 44.9 Å². The molecule has 0 saturated heterocycles. The Morgan fingerprint density at radius 1 is 1.30 bits per heavy atom. The number of benzene rings is 1. The number of fused-ring (bicyclic) bond motifs is 1. The molecule has 0 unspecified atom stereocenters. The summed E-state index contributed by atoms with van der Waals surface area (Å²) in [7, 11) is 0. The number of hydrogen-bond donors (Lipinski definition) is 2. The Morgan fingerprint density at radius 2 is 2.07 bits per heavy atom. The van der Waals surface area contributed by atoms with E-state index in [1.165, 1.54) is 30.3 Å². The SMILES string of the molecule is CCOC(=O)c1ccsc1NC(=O)c1cc2cc([N+](=O)[O-])ccc2oc1=N. The number of amides is 1. The standard InChI is InChI=1S/C17H13N3O6S/c1-2-25-17(22)11-5-6-27-16(11)19-15(21)12-8-9-7-10(20(23)24)3-4-13(9)26-14(12)18/h3-8,18H,2H2,1H3,(H,19,21). The van der Waals surface area contributed by atoms with Gasteiger partial charge in [0.1, 0.15) is 16.1 Å². The minimum Gasteiger partial charge on any atom is -0.462 e. The number of nitro groups is 1. The predicted octanol–water partition coefficient (Wildman–Crippen LogP) is 3.31. The molecule has 2 N–H and O–H groups in total. The van der Waals surface area contributed by atoms with Crippen LogP contribution in [-0.4, -0.2) is 23.4 Å². The molecule has 3 rings (SSSR count). The van der Waals surface area contributed by atoms with Gasteiger partial charge in [0.2, 0.25) is 5.55 Å². The van der Waals surface area contributed by atoms with E-state index in [1.807, 2.05) is 0 Å². The summed E-state index contributed by atoms with van der Waals surface area (Å²) in [6, 6.07) is 6.73. The molecule has 0 atom stereocenters. The number of rotatable bonds is 5. The van der Waals surface area contributed by atoms with Crippen molar-refractivity contribution in [1.82, 2.24) is 0 Å². The van der Waals surface area contributed by atoms with Crippen LogP contribution in [0.2, 0.25) is 0 Å². The van der Waals surface area contributed by atoms with Gasteiger partial charge in [0.05, 0.1) is 17.1 Å². The lowest BCUT2D eigenvalue weighted by Gasteiger charge is -2.07. The first kappa shape index (κ1) is 18.3. The number of non-ortho nitro benzene ring substituents is 1. The summed E-state index contributed by atoms with van der Waals surface area (Å²) in [5.74, 6) is -1.25. The van der Waals surface area contributed by atoms with Gasteiger partial charge < -0.3 is 14.5 Å². The van der Waals surface area contributed by atoms with Crippen molar-refractivity contribution in [3.05, 3.63) is 62.5 Å². The Labute approximate surface area is 155 Å². The van der Waals surface area contributed by atoms with Gasteiger partial charge in [-0.2, -0.15) is 0 Å². The molecule has 0 aliphatic heterocycles. The van der Waals surface area contributed by atoms with Crippen LogP contribution in [-0.2, 0) is 4.74 Å². The third-order valence-corrected chi connectivity index (χ3v) is 4.42. The lowest BCUT2D eigenvalue weighted by Crippen LogP contribution is -2.21. The Hall–Kier alpha value is -3.53. The molecule has 10 heteroatoms. The van der Waals surface area contributed by atoms with E-state index in [0.29, 0.717) is 5.39 Å². The number of hydrogen-bond acceptors (Lipinski definition) is 8. The van der Waals surface area contributed by atoms with Crippen LogP contribution in [0.3, 0.4) is 0 Å². The van der Waals surface area contributed by atoms with Crippen molar-refractivity contribution in [2.75, 3.05) is 11.9 Å². The first-order valence-corrected chi connectivity index (χ1v) is 8.61. The van der Waals surface area contributed by atoms with E-state index in [0.717, 1.165) is 11.3 Å². The predicted molar refractivity (Wildman–Crippen MR) is 97.0 cm³/mol. The number of anilines is 1. The van der Waals surface area contributed by atoms with Crippen LogP contribution in [0.1, 0.15) is 27.6 Å². The van der Waals surface area contributed by atoms with Crippen LogP contribution in [0.15, 0.2) is 40.1 Å². The van der Waals surface area contributed by atoms with Crippen molar-refractivity contribution in [3.8, 4) is 0 Å². The van der Waals surface area contributed by atoms with Crippen LogP contribution in [0.4, 0.5) is 10.7 Å². The Morgan fingerprint density at radius 3 is 2.78 bits per heavy atom. The summed E-state index contributed by atoms with van der Waals surface area (Å²) >= 11 is 1.13. The van der Waals surface area contributed by atoms with Gasteiger partial charge in [0.15, 0.2) is 0 Å². The maximum atomic E-state index is 12.6. The number of esters is 1. The molecule has 0 fully saturated rings. The topological polar surface area (TPSA) is 136 Å². The van der Waals surface area contributed by atoms with Gasteiger partial charge in [0.25, 0.3) is 11.6 Å². The smallest absolute Gasteiger partial charge is 0.341 e. The summed E-state index contributed by atoms with van der Waals surface area (Å²) in [5, 5.41) is 23.6. The second kappa shape index (κ2) is 7.38. The van der Waals surface area contributed by atoms with Crippen molar-refractivity contribution < 1.29 is 23.7 Å². The number of nitrogens with zero attached hydrogens (tertiary/aromatic N) is 1. The Bertz CT molecular complexity index is 1120. The summed E-state index contributed by atoms with van der Waals surface area (Å²) in [5.41, 5.74) is -0.237. The molecule has 0 radical (unpaired) electrons. The van der Waals surface area contributed by atoms with Gasteiger partial charge in [-0.3, -0.25) is 20.3 Å². The molecule has 0 aliphatic rings. The highest BCUT2D eigenvalue weighted by molar-refractivity contribution is 7.14. The molecule has 9 nitrogen and oxygen atoms in total. The normalized spacial score (nSPS) is 10.6. The van der Waals surface area contributed by atoms with E-state index in [1.54, 1.807) is 12.3 Å². The monoisotopic (exact) mass is 387 g/mol. The van der Waals surface area contributed by atoms with Gasteiger partial charge in [-0.1, -0.05) is 0 Å². The second-order valence-corrected chi connectivity index (χ2v) is 6.22. The third-order valence-electron chi connectivity index (χ3n) is 3.59. The first-order valence-electron chi connectivity index (χ1n) is 7.73. The van der Waals surface area contributed by atoms with E-state index in [-0.39, 0.29) is 34.0 Å². The average molecular weight is 387 g/mol. The van der Waals surface area contributed by atoms with Crippen LogP contribution in [0.5, 0.6) is 0 Å². The number of thiophene rings is 1. The average Bonchev–Trinajstić information content (AvgIpc) is 3.09. The van der Waals surface area contributed by atoms with E-state index in [4.69, 9.17) is 14.6 Å². The molecule has 1 amide bonds. The zero-order valence-electron chi connectivity index (χ0n) is 14.0. The van der Waals surface area contributed by atoms with Crippen molar-refractivity contribution in [3.63, 3.8) is 0 Å². The molecule has 138 valence electrons. The zero-order chi connectivity index (χ0) is 19.6. The van der Waals surface area contributed by atoms with Gasteiger partial charge in [0, 0.05) is 17.5 Å². The number of nitro benzene ring substituents is 1.